The number of aliphatic hydroxyl groups excluding tert-OH is 1. The number of halogens is 4. The molecule has 0 aliphatic carbocycles. The minimum atomic E-state index is -4.65. The van der Waals surface area contributed by atoms with Gasteiger partial charge in [0, 0.05) is 25.7 Å². The number of carbonyl (C=O) groups is 1. The first-order valence-corrected chi connectivity index (χ1v) is 9.39. The van der Waals surface area contributed by atoms with E-state index in [4.69, 9.17) is 11.6 Å². The second kappa shape index (κ2) is 7.13. The number of aromatic nitrogens is 4. The van der Waals surface area contributed by atoms with Crippen LogP contribution in [0, 0.1) is 0 Å². The first kappa shape index (κ1) is 19.9. The van der Waals surface area contributed by atoms with Gasteiger partial charge in [-0.2, -0.15) is 18.3 Å². The summed E-state index contributed by atoms with van der Waals surface area (Å²) in [7, 11) is 0. The Labute approximate surface area is 167 Å². The second-order valence-electron chi connectivity index (χ2n) is 7.18. The quantitative estimate of drug-likeness (QED) is 0.789. The zero-order valence-electron chi connectivity index (χ0n) is 15.1. The number of nitrogens with zero attached hydrogens (tertiary/aromatic N) is 5. The number of aliphatic hydroxyl groups is 1. The number of hydrogen-bond donors (Lipinski definition) is 1. The maximum Gasteiger partial charge on any atom is 0.417 e. The first-order valence-electron chi connectivity index (χ1n) is 9.02. The number of alkyl halides is 3. The van der Waals surface area contributed by atoms with E-state index in [1.807, 2.05) is 0 Å². The fourth-order valence-corrected chi connectivity index (χ4v) is 3.86. The molecule has 1 amide bonds. The third-order valence-corrected chi connectivity index (χ3v) is 5.42. The van der Waals surface area contributed by atoms with E-state index in [1.165, 1.54) is 9.47 Å². The summed E-state index contributed by atoms with van der Waals surface area (Å²) in [6, 6.07) is 0.0633. The highest BCUT2D eigenvalue weighted by molar-refractivity contribution is 6.31. The van der Waals surface area contributed by atoms with Gasteiger partial charge in [-0.1, -0.05) is 11.6 Å². The van der Waals surface area contributed by atoms with E-state index in [-0.39, 0.29) is 31.2 Å². The summed E-state index contributed by atoms with van der Waals surface area (Å²) < 4.78 is 41.5. The molecule has 4 rings (SSSR count). The lowest BCUT2D eigenvalue weighted by molar-refractivity contribution is -0.145. The van der Waals surface area contributed by atoms with E-state index in [0.717, 1.165) is 16.9 Å². The van der Waals surface area contributed by atoms with Crippen molar-refractivity contribution in [3.63, 3.8) is 0 Å². The molecular weight excluding hydrogens is 415 g/mol. The summed E-state index contributed by atoms with van der Waals surface area (Å²) in [5, 5.41) is 13.1. The van der Waals surface area contributed by atoms with Gasteiger partial charge in [-0.25, -0.2) is 9.48 Å². The predicted molar refractivity (Wildman–Crippen MR) is 94.4 cm³/mol. The molecule has 2 aromatic heterocycles. The maximum atomic E-state index is 13.1. The summed E-state index contributed by atoms with van der Waals surface area (Å²) in [4.78, 5) is 30.9. The largest absolute Gasteiger partial charge is 0.417 e. The minimum absolute atomic E-state index is 0.0204. The summed E-state index contributed by atoms with van der Waals surface area (Å²) in [5.74, 6) is 0.146. The van der Waals surface area contributed by atoms with E-state index < -0.39 is 34.6 Å². The van der Waals surface area contributed by atoms with Crippen LogP contribution in [0.2, 0.25) is 5.02 Å². The summed E-state index contributed by atoms with van der Waals surface area (Å²) in [6.45, 7) is 0.174. The van der Waals surface area contributed by atoms with Gasteiger partial charge in [0.15, 0.2) is 0 Å². The number of rotatable bonds is 3. The molecular formula is C17H17ClF3N5O3. The zero-order valence-corrected chi connectivity index (χ0v) is 15.8. The number of pyridine rings is 1. The molecule has 0 bridgehead atoms. The Morgan fingerprint density at radius 2 is 2.07 bits per heavy atom. The molecule has 4 heterocycles. The highest BCUT2D eigenvalue weighted by atomic mass is 35.5. The summed E-state index contributed by atoms with van der Waals surface area (Å²) in [6.07, 6.45) is -2.71. The van der Waals surface area contributed by atoms with Crippen molar-refractivity contribution in [3.05, 3.63) is 44.9 Å². The van der Waals surface area contributed by atoms with E-state index in [2.05, 4.69) is 10.1 Å². The molecule has 2 aromatic rings. The molecule has 1 saturated heterocycles. The predicted octanol–water partition coefficient (Wildman–Crippen LogP) is 1.24. The Balaban J connectivity index is 1.63. The number of likely N-dealkylation sites (tertiary alicyclic amines) is 1. The minimum Gasteiger partial charge on any atom is -0.389 e. The fraction of sp³-hybridized carbons (Fsp3) is 0.529. The van der Waals surface area contributed by atoms with Gasteiger partial charge in [0.1, 0.15) is 11.9 Å². The van der Waals surface area contributed by atoms with Gasteiger partial charge in [-0.15, -0.1) is 0 Å². The van der Waals surface area contributed by atoms with Crippen molar-refractivity contribution in [2.24, 2.45) is 0 Å². The Hall–Kier alpha value is -2.40. The average Bonchev–Trinajstić information content (AvgIpc) is 2.95. The van der Waals surface area contributed by atoms with Crippen LogP contribution < -0.4 is 5.69 Å². The normalized spacial score (nSPS) is 19.8. The third-order valence-electron chi connectivity index (χ3n) is 5.12. The molecule has 2 aliphatic rings. The van der Waals surface area contributed by atoms with Crippen molar-refractivity contribution in [2.45, 2.75) is 44.1 Å². The number of β-amino-alcohol motifs (C(OH)–C–C–N with tert-alkyl or cyclic N) is 1. The van der Waals surface area contributed by atoms with Gasteiger partial charge in [-0.05, 0) is 18.9 Å². The van der Waals surface area contributed by atoms with Gasteiger partial charge in [-0.3, -0.25) is 14.3 Å². The molecule has 2 aliphatic heterocycles. The highest BCUT2D eigenvalue weighted by Crippen LogP contribution is 2.34. The van der Waals surface area contributed by atoms with Crippen molar-refractivity contribution in [3.8, 4) is 0 Å². The molecule has 1 atom stereocenters. The van der Waals surface area contributed by atoms with Crippen molar-refractivity contribution in [2.75, 3.05) is 13.1 Å². The van der Waals surface area contributed by atoms with Crippen LogP contribution in [-0.4, -0.2) is 54.4 Å². The SMILES string of the molecule is O=C(C1CCCc2nn(Cc3cc(C(F)(F)F)c(Cl)cn3)c(=O)n21)N1CC(O)C1. The van der Waals surface area contributed by atoms with Gasteiger partial charge >= 0.3 is 11.9 Å². The van der Waals surface area contributed by atoms with E-state index in [0.29, 0.717) is 25.1 Å². The van der Waals surface area contributed by atoms with Crippen molar-refractivity contribution in [1.29, 1.82) is 0 Å². The lowest BCUT2D eigenvalue weighted by Crippen LogP contribution is -2.56. The fourth-order valence-electron chi connectivity index (χ4n) is 3.65. The van der Waals surface area contributed by atoms with Crippen LogP contribution in [0.5, 0.6) is 0 Å². The van der Waals surface area contributed by atoms with Crippen molar-refractivity contribution in [1.82, 2.24) is 24.2 Å². The van der Waals surface area contributed by atoms with Gasteiger partial charge in [0.25, 0.3) is 0 Å². The van der Waals surface area contributed by atoms with Crippen LogP contribution in [0.3, 0.4) is 0 Å². The molecule has 0 radical (unpaired) electrons. The molecule has 156 valence electrons. The molecule has 1 unspecified atom stereocenters. The van der Waals surface area contributed by atoms with Crippen LogP contribution in [0.1, 0.15) is 36.0 Å². The smallest absolute Gasteiger partial charge is 0.389 e. The molecule has 0 saturated carbocycles. The molecule has 8 nitrogen and oxygen atoms in total. The van der Waals surface area contributed by atoms with Crippen LogP contribution in [0.25, 0.3) is 0 Å². The van der Waals surface area contributed by atoms with Crippen LogP contribution >= 0.6 is 11.6 Å². The second-order valence-corrected chi connectivity index (χ2v) is 7.59. The number of hydrogen-bond acceptors (Lipinski definition) is 5. The lowest BCUT2D eigenvalue weighted by Gasteiger charge is -2.39. The molecule has 1 fully saturated rings. The molecule has 0 spiro atoms. The van der Waals surface area contributed by atoms with E-state index in [9.17, 15) is 27.9 Å². The Morgan fingerprint density at radius 3 is 2.72 bits per heavy atom. The van der Waals surface area contributed by atoms with Gasteiger partial charge in [0.2, 0.25) is 5.91 Å². The maximum absolute atomic E-state index is 13.1. The lowest BCUT2D eigenvalue weighted by atomic mass is 10.0. The zero-order chi connectivity index (χ0) is 20.9. The highest BCUT2D eigenvalue weighted by Gasteiger charge is 2.38. The Morgan fingerprint density at radius 1 is 1.34 bits per heavy atom. The third kappa shape index (κ3) is 3.64. The number of fused-ring (bicyclic) bond motifs is 1. The topological polar surface area (TPSA) is 93.2 Å². The summed E-state index contributed by atoms with van der Waals surface area (Å²) in [5.41, 5.74) is -1.64. The number of amides is 1. The average molecular weight is 432 g/mol. The number of carbonyl (C=O) groups excluding carboxylic acids is 1. The molecule has 0 aromatic carbocycles. The molecule has 12 heteroatoms. The monoisotopic (exact) mass is 431 g/mol. The van der Waals surface area contributed by atoms with Gasteiger partial charge < -0.3 is 10.0 Å². The van der Waals surface area contributed by atoms with Crippen molar-refractivity contribution >= 4 is 17.5 Å². The molecule has 29 heavy (non-hydrogen) atoms. The van der Waals surface area contributed by atoms with Crippen LogP contribution in [-0.2, 0) is 23.9 Å². The van der Waals surface area contributed by atoms with E-state index >= 15 is 0 Å². The molecule has 1 N–H and O–H groups in total. The first-order chi connectivity index (χ1) is 13.6. The van der Waals surface area contributed by atoms with E-state index in [1.54, 1.807) is 0 Å². The number of aryl methyl sites for hydroxylation is 1. The Kier molecular flexibility index (Phi) is 4.89. The van der Waals surface area contributed by atoms with Gasteiger partial charge in [0.05, 0.1) is 28.9 Å². The van der Waals surface area contributed by atoms with Crippen LogP contribution in [0.15, 0.2) is 17.1 Å². The summed E-state index contributed by atoms with van der Waals surface area (Å²) >= 11 is 5.58. The standard InChI is InChI=1S/C17H17ClF3N5O3/c18-12-5-22-9(4-11(12)17(19,20)21)6-25-16(29)26-13(2-1-3-14(26)23-25)15(28)24-7-10(27)8-24/h4-5,10,13,27H,1-3,6-8H2. The van der Waals surface area contributed by atoms with Crippen LogP contribution in [0.4, 0.5) is 13.2 Å². The Bertz CT molecular complexity index is 1010. The van der Waals surface area contributed by atoms with Crippen molar-refractivity contribution < 1.29 is 23.1 Å².